The van der Waals surface area contributed by atoms with Crippen molar-refractivity contribution in [3.63, 3.8) is 0 Å². The number of hydrogen-bond donors (Lipinski definition) is 18. The zero-order chi connectivity index (χ0) is 103. The molecule has 6 saturated heterocycles. The molecule has 33 atom stereocenters. The molecule has 3 unspecified atom stereocenters. The Hall–Kier alpha value is -4.14. The standard InChI is InChI=1S/C50H90O19.C49H88O21/c1-6-7-8-19-24-35(25-21-23-34(53)22-18-16-14-12-10-9-11-13-15-17-20-26-36(54)32(4)51)66-49-46(41(57)37(55)28-63-49)69-50-47(43(59)39(30-64-50)65-33(5)52)68-48-45(61)44(60)42(58)38(67-48)29-62-40(56)27-31(2)3;1-5-6-20-31(21-19-24-33(52)32(51)22-17-15-13-11-9-7-8-10-12-14-16-18-23-34(53)46(61)62)67-48-44(39(57)35(54)26-64-48)70-49-45(40(58)36(55)27-65-49)69-47-42(60)41(59)43(66-30(4)50)37(68-47)28-63-38(56)25-29(2)3/h31,34-39,41-50,53-55,57-61H,6-30H2,1-5H3;29,31-37,39-45,47-49,51-55,57-60H,5-28H2,1-4H3,(H,61,62)/t34?,35?,36?,37-,38-,39-,41+,42-,43+,44+,45-,46-,47-,48+,49+,50+;31-,32-,33-,34-,35-,36-,37-,39+,40+,41-,42-,43-,44-,45-,47+,48+,49+/m00/s1. The topological polar surface area (TPSA) is 614 Å². The summed E-state index contributed by atoms with van der Waals surface area (Å²) in [5.74, 6) is -4.12. The molecule has 18 N–H and O–H groups in total. The van der Waals surface area contributed by atoms with Gasteiger partial charge in [-0.1, -0.05) is 228 Å². The van der Waals surface area contributed by atoms with Crippen molar-refractivity contribution < 1.29 is 196 Å². The van der Waals surface area contributed by atoms with E-state index in [9.17, 15) is 116 Å². The average Bonchev–Trinajstić information content (AvgIpc) is 0.784. The fraction of sp³-hybridized carbons (Fsp3) is 0.939. The number of hydrogen-bond acceptors (Lipinski definition) is 39. The van der Waals surface area contributed by atoms with Crippen LogP contribution < -0.4 is 0 Å². The normalized spacial score (nSPS) is 31.1. The monoisotopic (exact) mass is 2010 g/mol. The molecule has 40 heteroatoms. The van der Waals surface area contributed by atoms with Gasteiger partial charge in [0, 0.05) is 26.7 Å². The molecule has 0 aromatic heterocycles. The van der Waals surface area contributed by atoms with Crippen LogP contribution in [-0.4, -0.2) is 370 Å². The predicted octanol–water partition coefficient (Wildman–Crippen LogP) is 6.04. The lowest BCUT2D eigenvalue weighted by Gasteiger charge is -2.46. The highest BCUT2D eigenvalue weighted by Gasteiger charge is 2.56. The van der Waals surface area contributed by atoms with Gasteiger partial charge in [0.15, 0.2) is 61.8 Å². The second-order valence-corrected chi connectivity index (χ2v) is 39.6. The van der Waals surface area contributed by atoms with Crippen molar-refractivity contribution in [3.8, 4) is 0 Å². The van der Waals surface area contributed by atoms with Crippen LogP contribution in [-0.2, 0) is 105 Å². The van der Waals surface area contributed by atoms with Crippen LogP contribution in [0.5, 0.6) is 0 Å². The van der Waals surface area contributed by atoms with Crippen LogP contribution in [0.25, 0.3) is 0 Å². The maximum absolute atomic E-state index is 12.4. The Labute approximate surface area is 821 Å². The number of carboxylic acids is 1. The highest BCUT2D eigenvalue weighted by Crippen LogP contribution is 2.37. The molecule has 0 bridgehead atoms. The van der Waals surface area contributed by atoms with Gasteiger partial charge in [-0.3, -0.25) is 24.0 Å². The number of unbranched alkanes of at least 4 members (excludes halogenated alkanes) is 25. The Bertz CT molecular complexity index is 3260. The molecule has 0 aliphatic carbocycles. The van der Waals surface area contributed by atoms with Gasteiger partial charge in [0.2, 0.25) is 0 Å². The van der Waals surface area contributed by atoms with E-state index in [0.29, 0.717) is 77.0 Å². The van der Waals surface area contributed by atoms with Crippen LogP contribution >= 0.6 is 0 Å². The van der Waals surface area contributed by atoms with Crippen molar-refractivity contribution in [3.05, 3.63) is 0 Å². The van der Waals surface area contributed by atoms with E-state index in [0.717, 1.165) is 168 Å². The van der Waals surface area contributed by atoms with Gasteiger partial charge >= 0.3 is 29.8 Å². The van der Waals surface area contributed by atoms with E-state index >= 15 is 0 Å². The smallest absolute Gasteiger partial charge is 0.332 e. The summed E-state index contributed by atoms with van der Waals surface area (Å²) >= 11 is 0. The first-order valence-electron chi connectivity index (χ1n) is 51.9. The summed E-state index contributed by atoms with van der Waals surface area (Å²) in [6, 6.07) is 0. The van der Waals surface area contributed by atoms with E-state index in [4.69, 9.17) is 80.9 Å². The molecular formula is C99H178O40. The first kappa shape index (κ1) is 125. The molecule has 139 heavy (non-hydrogen) atoms. The number of carboxylic acid groups (broad SMARTS) is 1. The van der Waals surface area contributed by atoms with Gasteiger partial charge in [0.1, 0.15) is 129 Å². The lowest BCUT2D eigenvalue weighted by molar-refractivity contribution is -0.380. The van der Waals surface area contributed by atoms with Crippen LogP contribution in [0.2, 0.25) is 0 Å². The Morgan fingerprint density at radius 3 is 1.08 bits per heavy atom. The quantitative estimate of drug-likeness (QED) is 0.0187. The Kier molecular flexibility index (Phi) is 63.0. The van der Waals surface area contributed by atoms with E-state index in [1.165, 1.54) is 39.0 Å². The van der Waals surface area contributed by atoms with Gasteiger partial charge in [-0.25, -0.2) is 4.79 Å². The number of aliphatic hydroxyl groups excluding tert-OH is 17. The molecule has 6 fully saturated rings. The zero-order valence-electron chi connectivity index (χ0n) is 83.9. The molecule has 6 aliphatic heterocycles. The summed E-state index contributed by atoms with van der Waals surface area (Å²) in [5.41, 5.74) is 0. The molecule has 0 aromatic rings. The van der Waals surface area contributed by atoms with Gasteiger partial charge in [0.25, 0.3) is 0 Å². The molecule has 6 aliphatic rings. The molecule has 814 valence electrons. The molecule has 0 spiro atoms. The number of carbonyl (C=O) groups is 6. The Morgan fingerprint density at radius 2 is 0.647 bits per heavy atom. The van der Waals surface area contributed by atoms with Crippen LogP contribution in [0.15, 0.2) is 0 Å². The van der Waals surface area contributed by atoms with Crippen molar-refractivity contribution in [2.75, 3.05) is 39.6 Å². The number of aliphatic hydroxyl groups is 17. The molecule has 40 nitrogen and oxygen atoms in total. The first-order chi connectivity index (χ1) is 66.3. The number of rotatable bonds is 70. The highest BCUT2D eigenvalue weighted by atomic mass is 16.8. The number of ether oxygens (including phenoxy) is 16. The molecule has 0 radical (unpaired) electrons. The second kappa shape index (κ2) is 69.9. The lowest BCUT2D eigenvalue weighted by Crippen LogP contribution is -2.65. The van der Waals surface area contributed by atoms with Crippen LogP contribution in [0.1, 0.15) is 338 Å². The van der Waals surface area contributed by atoms with Gasteiger partial charge in [-0.15, -0.1) is 0 Å². The summed E-state index contributed by atoms with van der Waals surface area (Å²) in [6.07, 6.45) is -10.1. The number of Topliss-reactive ketones (excluding diaryl/α,β-unsaturated/α-hetero) is 1. The van der Waals surface area contributed by atoms with Crippen molar-refractivity contribution in [2.45, 2.75) is 541 Å². The minimum atomic E-state index is -1.91. The van der Waals surface area contributed by atoms with Gasteiger partial charge in [0.05, 0.1) is 56.9 Å². The van der Waals surface area contributed by atoms with Gasteiger partial charge in [-0.2, -0.15) is 0 Å². The van der Waals surface area contributed by atoms with Crippen molar-refractivity contribution in [1.82, 2.24) is 0 Å². The summed E-state index contributed by atoms with van der Waals surface area (Å²) < 4.78 is 93.4. The second-order valence-electron chi connectivity index (χ2n) is 39.6. The minimum Gasteiger partial charge on any atom is -0.479 e. The lowest BCUT2D eigenvalue weighted by atomic mass is 9.98. The van der Waals surface area contributed by atoms with Crippen LogP contribution in [0.4, 0.5) is 0 Å². The SMILES string of the molecule is CCCCCCC(CCCC(O)CCCCCCCCCCCCCC(O)C(C)=O)O[C@H]1OC[C@H](O)[C@@H](O)[C@@H]1O[C@H]1OC[C@H](OC(C)=O)[C@@H](O)[C@@H]1O[C@H]1O[C@@H](COC(=O)CC(C)C)[C@H](O)[C@@H](O)[C@@H]1O.CCCC[C@@H](CCC[C@H](O)[C@@H](O)CCCCCCCCCCCCCC[C@H](O)C(=O)O)O[C@H]1OC[C@H](O)[C@@H](O)[C@@H]1O[C@H]1OC[C@H](O)[C@@H](O)[C@@H]1O[C@H]1O[C@@H](COC(=O)CC(C)C)[C@H](OC(C)=O)[C@@H](O)[C@@H]1O. The number of ketones is 1. The summed E-state index contributed by atoms with van der Waals surface area (Å²) in [7, 11) is 0. The fourth-order valence-corrected chi connectivity index (χ4v) is 17.8. The Balaban J connectivity index is 0.000000490. The number of aliphatic carboxylic acids is 1. The molecular weight excluding hydrogens is 1830 g/mol. The molecule has 6 heterocycles. The van der Waals surface area contributed by atoms with Crippen molar-refractivity contribution in [2.24, 2.45) is 11.8 Å². The minimum absolute atomic E-state index is 0.0161. The van der Waals surface area contributed by atoms with E-state index < -0.39 is 253 Å². The maximum Gasteiger partial charge on any atom is 0.332 e. The predicted molar refractivity (Wildman–Crippen MR) is 499 cm³/mol. The van der Waals surface area contributed by atoms with E-state index in [1.54, 1.807) is 13.8 Å². The number of carbonyl (C=O) groups excluding carboxylic acids is 5. The Morgan fingerprint density at radius 1 is 0.317 bits per heavy atom. The largest absolute Gasteiger partial charge is 0.479 e. The van der Waals surface area contributed by atoms with Crippen LogP contribution in [0, 0.1) is 11.8 Å². The third-order valence-electron chi connectivity index (χ3n) is 26.2. The van der Waals surface area contributed by atoms with Crippen molar-refractivity contribution in [1.29, 1.82) is 0 Å². The van der Waals surface area contributed by atoms with E-state index in [1.807, 2.05) is 20.8 Å². The van der Waals surface area contributed by atoms with E-state index in [-0.39, 0.29) is 49.8 Å². The maximum atomic E-state index is 12.4. The van der Waals surface area contributed by atoms with E-state index in [2.05, 4.69) is 6.92 Å². The van der Waals surface area contributed by atoms with Crippen molar-refractivity contribution >= 4 is 35.6 Å². The average molecular weight is 2010 g/mol. The molecule has 6 rings (SSSR count). The fourth-order valence-electron chi connectivity index (χ4n) is 17.8. The summed E-state index contributed by atoms with van der Waals surface area (Å²) in [5, 5.41) is 192. The first-order valence-corrected chi connectivity index (χ1v) is 51.9. The summed E-state index contributed by atoms with van der Waals surface area (Å²) in [4.78, 5) is 70.4. The highest BCUT2D eigenvalue weighted by molar-refractivity contribution is 5.80. The third-order valence-corrected chi connectivity index (χ3v) is 26.2. The van der Waals surface area contributed by atoms with Gasteiger partial charge in [-0.05, 0) is 95.8 Å². The summed E-state index contributed by atoms with van der Waals surface area (Å²) in [6.45, 7) is 12.5. The van der Waals surface area contributed by atoms with Crippen LogP contribution in [0.3, 0.4) is 0 Å². The molecule has 0 saturated carbocycles. The molecule has 0 aromatic carbocycles. The number of esters is 4. The molecule has 0 amide bonds. The zero-order valence-corrected chi connectivity index (χ0v) is 83.9. The third kappa shape index (κ3) is 47.7. The van der Waals surface area contributed by atoms with Gasteiger partial charge < -0.3 is 168 Å².